The fourth-order valence-corrected chi connectivity index (χ4v) is 0.331. The van der Waals surface area contributed by atoms with Crippen LogP contribution in [0.3, 0.4) is 0 Å². The van der Waals surface area contributed by atoms with Gasteiger partial charge in [-0.3, -0.25) is 0 Å². The first kappa shape index (κ1) is 11.3. The second-order valence-electron chi connectivity index (χ2n) is 1.92. The van der Waals surface area contributed by atoms with Gasteiger partial charge in [0.2, 0.25) is 0 Å². The molecule has 0 saturated carbocycles. The van der Waals surface area contributed by atoms with E-state index >= 15 is 0 Å². The van der Waals surface area contributed by atoms with Crippen LogP contribution in [0.4, 0.5) is 0 Å². The second kappa shape index (κ2) is 7.44. The van der Waals surface area contributed by atoms with E-state index in [9.17, 15) is 4.79 Å². The summed E-state index contributed by atoms with van der Waals surface area (Å²) in [6.07, 6.45) is 2.81. The Labute approximate surface area is 67.0 Å². The van der Waals surface area contributed by atoms with E-state index in [1.807, 2.05) is 0 Å². The van der Waals surface area contributed by atoms with E-state index < -0.39 is 0 Å². The maximum absolute atomic E-state index is 9.77. The summed E-state index contributed by atoms with van der Waals surface area (Å²) in [5.41, 5.74) is 0. The smallest absolute Gasteiger partial charge is 0.303 e. The quantitative estimate of drug-likeness (QED) is 0.402. The average Bonchev–Trinajstić information content (AvgIpc) is 1.68. The lowest BCUT2D eigenvalue weighted by atomic mass is 10.1. The van der Waals surface area contributed by atoms with Crippen LogP contribution in [0.15, 0.2) is 0 Å². The van der Waals surface area contributed by atoms with E-state index in [1.54, 1.807) is 0 Å². The SMILES string of the molecule is CCC(C)CC=O.[MgH2]. The van der Waals surface area contributed by atoms with E-state index in [4.69, 9.17) is 0 Å². The molecule has 0 radical (unpaired) electrons. The van der Waals surface area contributed by atoms with Gasteiger partial charge >= 0.3 is 23.1 Å². The Kier molecular flexibility index (Phi) is 10.5. The van der Waals surface area contributed by atoms with E-state index in [0.29, 0.717) is 5.92 Å². The van der Waals surface area contributed by atoms with Crippen molar-refractivity contribution in [2.75, 3.05) is 0 Å². The predicted molar refractivity (Wildman–Crippen MR) is 38.7 cm³/mol. The van der Waals surface area contributed by atoms with Crippen molar-refractivity contribution in [2.24, 2.45) is 5.92 Å². The molecule has 0 spiro atoms. The van der Waals surface area contributed by atoms with Gasteiger partial charge in [0.1, 0.15) is 6.29 Å². The molecule has 0 N–H and O–H groups in total. The summed E-state index contributed by atoms with van der Waals surface area (Å²) >= 11 is 0. The molecule has 1 nitrogen and oxygen atoms in total. The molecular weight excluding hydrogens is 112 g/mol. The molecule has 0 rings (SSSR count). The number of hydrogen-bond donors (Lipinski definition) is 0. The van der Waals surface area contributed by atoms with Crippen LogP contribution < -0.4 is 0 Å². The third-order valence-electron chi connectivity index (χ3n) is 1.20. The zero-order valence-electron chi connectivity index (χ0n) is 4.98. The summed E-state index contributed by atoms with van der Waals surface area (Å²) in [5, 5.41) is 0. The first-order chi connectivity index (χ1) is 3.31. The van der Waals surface area contributed by atoms with Crippen molar-refractivity contribution in [3.8, 4) is 0 Å². The Hall–Kier alpha value is 0.436. The van der Waals surface area contributed by atoms with Crippen molar-refractivity contribution in [2.45, 2.75) is 26.7 Å². The summed E-state index contributed by atoms with van der Waals surface area (Å²) in [7, 11) is 0. The molecule has 0 aliphatic heterocycles. The molecule has 0 fully saturated rings. The predicted octanol–water partition coefficient (Wildman–Crippen LogP) is 0.705. The van der Waals surface area contributed by atoms with Crippen molar-refractivity contribution in [3.63, 3.8) is 0 Å². The minimum Gasteiger partial charge on any atom is -0.303 e. The lowest BCUT2D eigenvalue weighted by molar-refractivity contribution is -0.108. The fraction of sp³-hybridized carbons (Fsp3) is 0.833. The van der Waals surface area contributed by atoms with Crippen molar-refractivity contribution in [3.05, 3.63) is 0 Å². The number of rotatable bonds is 3. The molecule has 0 aromatic rings. The third kappa shape index (κ3) is 6.44. The van der Waals surface area contributed by atoms with Crippen molar-refractivity contribution >= 4 is 29.3 Å². The van der Waals surface area contributed by atoms with Gasteiger partial charge in [-0.2, -0.15) is 0 Å². The molecule has 1 atom stereocenters. The average molecular weight is 126 g/mol. The molecule has 0 bridgehead atoms. The first-order valence-corrected chi connectivity index (χ1v) is 2.74. The zero-order chi connectivity index (χ0) is 5.70. The van der Waals surface area contributed by atoms with Gasteiger partial charge in [0, 0.05) is 6.42 Å². The van der Waals surface area contributed by atoms with Crippen LogP contribution in [0.2, 0.25) is 0 Å². The highest BCUT2D eigenvalue weighted by Gasteiger charge is 1.93. The van der Waals surface area contributed by atoms with Crippen LogP contribution in [0.25, 0.3) is 0 Å². The van der Waals surface area contributed by atoms with Crippen molar-refractivity contribution < 1.29 is 4.79 Å². The van der Waals surface area contributed by atoms with E-state index in [1.165, 1.54) is 0 Å². The van der Waals surface area contributed by atoms with Gasteiger partial charge in [0.25, 0.3) is 0 Å². The Morgan fingerprint density at radius 2 is 2.12 bits per heavy atom. The van der Waals surface area contributed by atoms with Gasteiger partial charge < -0.3 is 4.79 Å². The summed E-state index contributed by atoms with van der Waals surface area (Å²) in [6, 6.07) is 0. The molecular formula is C6H14MgO. The van der Waals surface area contributed by atoms with E-state index in [0.717, 1.165) is 19.1 Å². The van der Waals surface area contributed by atoms with Gasteiger partial charge in [0.05, 0.1) is 0 Å². The van der Waals surface area contributed by atoms with Crippen molar-refractivity contribution in [1.29, 1.82) is 0 Å². The standard InChI is InChI=1S/C6H12O.Mg.2H/c1-3-6(2)4-5-7;;;/h5-6H,3-4H2,1-2H3;;;. The van der Waals surface area contributed by atoms with Gasteiger partial charge in [-0.15, -0.1) is 0 Å². The molecule has 8 heavy (non-hydrogen) atoms. The summed E-state index contributed by atoms with van der Waals surface area (Å²) < 4.78 is 0. The van der Waals surface area contributed by atoms with E-state index in [-0.39, 0.29) is 23.1 Å². The maximum Gasteiger partial charge on any atom is 0.316 e. The zero-order valence-corrected chi connectivity index (χ0v) is 4.98. The summed E-state index contributed by atoms with van der Waals surface area (Å²) in [4.78, 5) is 9.77. The lowest BCUT2D eigenvalue weighted by Gasteiger charge is -1.98. The molecule has 0 aromatic heterocycles. The molecule has 46 valence electrons. The maximum atomic E-state index is 9.77. The lowest BCUT2D eigenvalue weighted by Crippen LogP contribution is -1.90. The third-order valence-corrected chi connectivity index (χ3v) is 1.20. The van der Waals surface area contributed by atoms with Crippen molar-refractivity contribution in [1.82, 2.24) is 0 Å². The fourth-order valence-electron chi connectivity index (χ4n) is 0.331. The first-order valence-electron chi connectivity index (χ1n) is 2.74. The van der Waals surface area contributed by atoms with Gasteiger partial charge in [-0.05, 0) is 5.92 Å². The highest BCUT2D eigenvalue weighted by molar-refractivity contribution is 5.75. The number of carbonyl (C=O) groups is 1. The van der Waals surface area contributed by atoms with Gasteiger partial charge in [-0.25, -0.2) is 0 Å². The van der Waals surface area contributed by atoms with Crippen LogP contribution in [-0.2, 0) is 4.79 Å². The van der Waals surface area contributed by atoms with Crippen LogP contribution in [0, 0.1) is 5.92 Å². The summed E-state index contributed by atoms with van der Waals surface area (Å²) in [5.74, 6) is 0.581. The topological polar surface area (TPSA) is 17.1 Å². The molecule has 0 saturated heterocycles. The number of carbonyl (C=O) groups excluding carboxylic acids is 1. The van der Waals surface area contributed by atoms with Crippen LogP contribution >= 0.6 is 0 Å². The Bertz CT molecular complexity index is 54.5. The molecule has 1 unspecified atom stereocenters. The normalized spacial score (nSPS) is 11.8. The van der Waals surface area contributed by atoms with Crippen LogP contribution in [0.1, 0.15) is 26.7 Å². The molecule has 0 heterocycles. The largest absolute Gasteiger partial charge is 0.316 e. The van der Waals surface area contributed by atoms with Crippen LogP contribution in [-0.4, -0.2) is 29.3 Å². The molecule has 0 aromatic carbocycles. The Balaban J connectivity index is 0. The molecule has 0 aliphatic rings. The summed E-state index contributed by atoms with van der Waals surface area (Å²) in [6.45, 7) is 4.17. The minimum atomic E-state index is 0. The van der Waals surface area contributed by atoms with E-state index in [2.05, 4.69) is 13.8 Å². The highest BCUT2D eigenvalue weighted by Crippen LogP contribution is 2.01. The van der Waals surface area contributed by atoms with Gasteiger partial charge in [-0.1, -0.05) is 20.3 Å². The van der Waals surface area contributed by atoms with Crippen LogP contribution in [0.5, 0.6) is 0 Å². The minimum absolute atomic E-state index is 0. The monoisotopic (exact) mass is 126 g/mol. The molecule has 0 aliphatic carbocycles. The number of hydrogen-bond acceptors (Lipinski definition) is 1. The van der Waals surface area contributed by atoms with Gasteiger partial charge in [0.15, 0.2) is 0 Å². The second-order valence-corrected chi connectivity index (χ2v) is 1.92. The Morgan fingerprint density at radius 3 is 2.25 bits per heavy atom. The molecule has 0 amide bonds. The molecule has 2 heteroatoms. The highest BCUT2D eigenvalue weighted by atomic mass is 24.3. The number of aldehydes is 1. The Morgan fingerprint density at radius 1 is 1.62 bits per heavy atom.